The molecule has 1 N–H and O–H groups in total. The van der Waals surface area contributed by atoms with E-state index in [1.54, 1.807) is 0 Å². The van der Waals surface area contributed by atoms with Gasteiger partial charge in [0.2, 0.25) is 0 Å². The van der Waals surface area contributed by atoms with Gasteiger partial charge >= 0.3 is 0 Å². The molecule has 0 atom stereocenters. The van der Waals surface area contributed by atoms with Crippen molar-refractivity contribution in [3.05, 3.63) is 28.8 Å². The Kier molecular flexibility index (Phi) is 6.69. The zero-order valence-electron chi connectivity index (χ0n) is 12.5. The van der Waals surface area contributed by atoms with Gasteiger partial charge in [0.25, 0.3) is 0 Å². The number of benzene rings is 1. The van der Waals surface area contributed by atoms with Crippen LogP contribution in [0.3, 0.4) is 0 Å². The van der Waals surface area contributed by atoms with Gasteiger partial charge in [0, 0.05) is 29.8 Å². The van der Waals surface area contributed by atoms with Crippen molar-refractivity contribution in [2.24, 2.45) is 0 Å². The van der Waals surface area contributed by atoms with Crippen LogP contribution in [-0.4, -0.2) is 36.3 Å². The van der Waals surface area contributed by atoms with Gasteiger partial charge in [-0.3, -0.25) is 0 Å². The molecule has 1 aliphatic rings. The first-order chi connectivity index (χ1) is 9.72. The van der Waals surface area contributed by atoms with Crippen LogP contribution in [0.4, 0.5) is 0 Å². The number of nitrogens with zero attached hydrogens (tertiary/aromatic N) is 1. The number of nitrogens with one attached hydrogen (secondary N) is 1. The quantitative estimate of drug-likeness (QED) is 0.693. The zero-order chi connectivity index (χ0) is 14.4. The molecule has 1 aliphatic carbocycles. The lowest BCUT2D eigenvalue weighted by Gasteiger charge is -2.17. The minimum absolute atomic E-state index is 0.747. The third kappa shape index (κ3) is 5.28. The summed E-state index contributed by atoms with van der Waals surface area (Å²) >= 11 is 8.24. The van der Waals surface area contributed by atoms with Crippen LogP contribution in [-0.2, 0) is 6.54 Å². The van der Waals surface area contributed by atoms with Gasteiger partial charge in [-0.1, -0.05) is 31.5 Å². The summed E-state index contributed by atoms with van der Waals surface area (Å²) in [5, 5.41) is 4.41. The van der Waals surface area contributed by atoms with Crippen LogP contribution in [0.15, 0.2) is 23.1 Å². The number of rotatable bonds is 9. The lowest BCUT2D eigenvalue weighted by molar-refractivity contribution is 0.324. The van der Waals surface area contributed by atoms with E-state index >= 15 is 0 Å². The molecule has 0 amide bonds. The van der Waals surface area contributed by atoms with E-state index in [1.807, 2.05) is 11.8 Å². The van der Waals surface area contributed by atoms with Crippen LogP contribution in [0.5, 0.6) is 0 Å². The van der Waals surface area contributed by atoms with Crippen molar-refractivity contribution >= 4 is 23.4 Å². The maximum atomic E-state index is 6.38. The van der Waals surface area contributed by atoms with Crippen molar-refractivity contribution < 1.29 is 0 Å². The van der Waals surface area contributed by atoms with Crippen molar-refractivity contribution in [2.75, 3.05) is 25.4 Å². The number of hydrogen-bond donors (Lipinski definition) is 1. The highest BCUT2D eigenvalue weighted by molar-refractivity contribution is 7.99. The third-order valence-electron chi connectivity index (χ3n) is 3.73. The summed E-state index contributed by atoms with van der Waals surface area (Å²) < 4.78 is 0. The van der Waals surface area contributed by atoms with Crippen LogP contribution in [0, 0.1) is 0 Å². The molecule has 20 heavy (non-hydrogen) atoms. The van der Waals surface area contributed by atoms with Crippen molar-refractivity contribution in [3.63, 3.8) is 0 Å². The Morgan fingerprint density at radius 1 is 1.30 bits per heavy atom. The van der Waals surface area contributed by atoms with Crippen molar-refractivity contribution in [1.82, 2.24) is 10.2 Å². The normalized spacial score (nSPS) is 15.0. The van der Waals surface area contributed by atoms with Gasteiger partial charge in [-0.2, -0.15) is 0 Å². The van der Waals surface area contributed by atoms with Crippen LogP contribution in [0.25, 0.3) is 0 Å². The fourth-order valence-corrected chi connectivity index (χ4v) is 3.44. The molecule has 1 saturated carbocycles. The molecular weight excluding hydrogens is 288 g/mol. The summed E-state index contributed by atoms with van der Waals surface area (Å²) in [4.78, 5) is 3.64. The lowest BCUT2D eigenvalue weighted by Crippen LogP contribution is -2.25. The highest BCUT2D eigenvalue weighted by atomic mass is 35.5. The molecular formula is C16H25ClN2S. The van der Waals surface area contributed by atoms with Gasteiger partial charge in [-0.25, -0.2) is 0 Å². The Labute approximate surface area is 132 Å². The summed E-state index contributed by atoms with van der Waals surface area (Å²) in [6, 6.07) is 7.22. The Bertz CT molecular complexity index is 417. The SMILES string of the molecule is CCN(CC)CCSc1ccc(CNC2CC2)cc1Cl. The van der Waals surface area contributed by atoms with E-state index in [0.717, 1.165) is 43.0 Å². The highest BCUT2D eigenvalue weighted by Crippen LogP contribution is 2.28. The predicted octanol–water partition coefficient (Wildman–Crippen LogP) is 4.03. The number of halogens is 1. The van der Waals surface area contributed by atoms with Gasteiger partial charge in [0.05, 0.1) is 5.02 Å². The Morgan fingerprint density at radius 2 is 2.05 bits per heavy atom. The summed E-state index contributed by atoms with van der Waals surface area (Å²) in [6.07, 6.45) is 2.65. The Morgan fingerprint density at radius 3 is 2.65 bits per heavy atom. The monoisotopic (exact) mass is 312 g/mol. The van der Waals surface area contributed by atoms with E-state index in [9.17, 15) is 0 Å². The fourth-order valence-electron chi connectivity index (χ4n) is 2.15. The van der Waals surface area contributed by atoms with Crippen molar-refractivity contribution in [3.8, 4) is 0 Å². The average Bonchev–Trinajstić information content (AvgIpc) is 3.27. The van der Waals surface area contributed by atoms with E-state index in [1.165, 1.54) is 23.3 Å². The van der Waals surface area contributed by atoms with Crippen LogP contribution < -0.4 is 5.32 Å². The molecule has 0 bridgehead atoms. The van der Waals surface area contributed by atoms with Gasteiger partial charge < -0.3 is 10.2 Å². The van der Waals surface area contributed by atoms with Gasteiger partial charge in [-0.15, -0.1) is 11.8 Å². The second-order valence-electron chi connectivity index (χ2n) is 5.30. The average molecular weight is 313 g/mol. The zero-order valence-corrected chi connectivity index (χ0v) is 14.1. The molecule has 0 saturated heterocycles. The lowest BCUT2D eigenvalue weighted by atomic mass is 10.2. The minimum Gasteiger partial charge on any atom is -0.310 e. The molecule has 0 aromatic heterocycles. The number of hydrogen-bond acceptors (Lipinski definition) is 3. The highest BCUT2D eigenvalue weighted by Gasteiger charge is 2.19. The first-order valence-corrected chi connectivity index (χ1v) is 8.96. The van der Waals surface area contributed by atoms with E-state index in [0.29, 0.717) is 0 Å². The molecule has 112 valence electrons. The summed E-state index contributed by atoms with van der Waals surface area (Å²) in [6.45, 7) is 8.73. The topological polar surface area (TPSA) is 15.3 Å². The maximum Gasteiger partial charge on any atom is 0.0545 e. The second-order valence-corrected chi connectivity index (χ2v) is 6.84. The molecule has 0 aliphatic heterocycles. The molecule has 4 heteroatoms. The molecule has 0 unspecified atom stereocenters. The largest absolute Gasteiger partial charge is 0.310 e. The Hall–Kier alpha value is -0.220. The van der Waals surface area contributed by atoms with Crippen molar-refractivity contribution in [2.45, 2.75) is 44.2 Å². The van der Waals surface area contributed by atoms with Gasteiger partial charge in [0.1, 0.15) is 0 Å². The summed E-state index contributed by atoms with van der Waals surface area (Å²) in [5.74, 6) is 1.10. The van der Waals surface area contributed by atoms with E-state index < -0.39 is 0 Å². The molecule has 2 rings (SSSR count). The Balaban J connectivity index is 1.79. The summed E-state index contributed by atoms with van der Waals surface area (Å²) in [5.41, 5.74) is 1.29. The molecule has 1 fully saturated rings. The van der Waals surface area contributed by atoms with Crippen LogP contribution in [0.2, 0.25) is 5.02 Å². The van der Waals surface area contributed by atoms with Crippen LogP contribution in [0.1, 0.15) is 32.3 Å². The van der Waals surface area contributed by atoms with Gasteiger partial charge in [-0.05, 0) is 43.6 Å². The van der Waals surface area contributed by atoms with E-state index in [2.05, 4.69) is 42.3 Å². The van der Waals surface area contributed by atoms with E-state index in [-0.39, 0.29) is 0 Å². The fraction of sp³-hybridized carbons (Fsp3) is 0.625. The minimum atomic E-state index is 0.747. The van der Waals surface area contributed by atoms with Crippen molar-refractivity contribution in [1.29, 1.82) is 0 Å². The maximum absolute atomic E-state index is 6.38. The predicted molar refractivity (Wildman–Crippen MR) is 89.8 cm³/mol. The van der Waals surface area contributed by atoms with E-state index in [4.69, 9.17) is 11.6 Å². The molecule has 1 aromatic rings. The molecule has 0 spiro atoms. The first-order valence-electron chi connectivity index (χ1n) is 7.59. The second kappa shape index (κ2) is 8.28. The molecule has 1 aromatic carbocycles. The molecule has 0 heterocycles. The first kappa shape index (κ1) is 16.2. The van der Waals surface area contributed by atoms with Crippen LogP contribution >= 0.6 is 23.4 Å². The number of thioether (sulfide) groups is 1. The molecule has 2 nitrogen and oxygen atoms in total. The third-order valence-corrected chi connectivity index (χ3v) is 5.21. The standard InChI is InChI=1S/C16H25ClN2S/c1-3-19(4-2)9-10-20-16-8-5-13(11-15(16)17)12-18-14-6-7-14/h5,8,11,14,18H,3-4,6-7,9-10,12H2,1-2H3. The summed E-state index contributed by atoms with van der Waals surface area (Å²) in [7, 11) is 0. The smallest absolute Gasteiger partial charge is 0.0545 e. The van der Waals surface area contributed by atoms with Gasteiger partial charge in [0.15, 0.2) is 0 Å². The molecule has 0 radical (unpaired) electrons.